The fraction of sp³-hybridized carbons (Fsp3) is 0.333. The predicted octanol–water partition coefficient (Wildman–Crippen LogP) is 4.59. The molecule has 0 saturated carbocycles. The maximum absolute atomic E-state index is 12.1. The summed E-state index contributed by atoms with van der Waals surface area (Å²) in [5.74, 6) is 0.413. The number of ketones is 1. The predicted molar refractivity (Wildman–Crippen MR) is 104 cm³/mol. The van der Waals surface area contributed by atoms with Crippen molar-refractivity contribution in [1.82, 2.24) is 0 Å². The summed E-state index contributed by atoms with van der Waals surface area (Å²) in [5.41, 5.74) is 2.39. The van der Waals surface area contributed by atoms with Gasteiger partial charge in [-0.1, -0.05) is 37.6 Å². The third-order valence-corrected chi connectivity index (χ3v) is 4.27. The van der Waals surface area contributed by atoms with E-state index in [2.05, 4.69) is 13.8 Å². The number of Topliss-reactive ketones (excluding diaryl/α,β-unsaturated/α-hetero) is 1. The van der Waals surface area contributed by atoms with Gasteiger partial charge in [-0.15, -0.1) is 0 Å². The fourth-order valence-corrected chi connectivity index (χ4v) is 2.75. The van der Waals surface area contributed by atoms with E-state index < -0.39 is 5.97 Å². The summed E-state index contributed by atoms with van der Waals surface area (Å²) < 4.78 is 15.7. The minimum atomic E-state index is -0.612. The Morgan fingerprint density at radius 2 is 1.78 bits per heavy atom. The number of carbonyl (C=O) groups is 2. The van der Waals surface area contributed by atoms with Crippen molar-refractivity contribution in [1.29, 1.82) is 0 Å². The Bertz CT molecular complexity index is 829. The SMILES string of the molecule is COc1ccc(C(=O)COC(=O)COc2cc(C)ccc2C(C)C)cc1Cl. The Morgan fingerprint density at radius 1 is 1.04 bits per heavy atom. The number of hydrogen-bond donors (Lipinski definition) is 0. The van der Waals surface area contributed by atoms with E-state index in [1.165, 1.54) is 13.2 Å². The van der Waals surface area contributed by atoms with Gasteiger partial charge in [0.2, 0.25) is 0 Å². The van der Waals surface area contributed by atoms with Crippen molar-refractivity contribution in [2.45, 2.75) is 26.7 Å². The van der Waals surface area contributed by atoms with Gasteiger partial charge < -0.3 is 14.2 Å². The van der Waals surface area contributed by atoms with E-state index in [1.54, 1.807) is 12.1 Å². The van der Waals surface area contributed by atoms with Gasteiger partial charge in [-0.25, -0.2) is 4.79 Å². The van der Waals surface area contributed by atoms with Crippen LogP contribution in [0, 0.1) is 6.92 Å². The number of rotatable bonds is 8. The van der Waals surface area contributed by atoms with E-state index in [9.17, 15) is 9.59 Å². The second kappa shape index (κ2) is 9.42. The van der Waals surface area contributed by atoms with Crippen molar-refractivity contribution in [2.24, 2.45) is 0 Å². The summed E-state index contributed by atoms with van der Waals surface area (Å²) >= 11 is 6.00. The number of esters is 1. The lowest BCUT2D eigenvalue weighted by atomic mass is 10.0. The summed E-state index contributed by atoms with van der Waals surface area (Å²) in [6, 6.07) is 10.5. The fourth-order valence-electron chi connectivity index (χ4n) is 2.49. The molecule has 0 saturated heterocycles. The van der Waals surface area contributed by atoms with Crippen molar-refractivity contribution >= 4 is 23.4 Å². The Balaban J connectivity index is 1.90. The first kappa shape index (κ1) is 20.8. The van der Waals surface area contributed by atoms with Crippen LogP contribution in [0.4, 0.5) is 0 Å². The maximum atomic E-state index is 12.1. The maximum Gasteiger partial charge on any atom is 0.344 e. The summed E-state index contributed by atoms with van der Waals surface area (Å²) in [6.45, 7) is 5.41. The number of carbonyl (C=O) groups excluding carboxylic acids is 2. The average molecular weight is 391 g/mol. The van der Waals surface area contributed by atoms with E-state index in [0.29, 0.717) is 22.1 Å². The molecule has 2 rings (SSSR count). The van der Waals surface area contributed by atoms with Crippen molar-refractivity contribution in [3.63, 3.8) is 0 Å². The van der Waals surface area contributed by atoms with E-state index in [4.69, 9.17) is 25.8 Å². The number of hydrogen-bond acceptors (Lipinski definition) is 5. The molecule has 0 atom stereocenters. The third kappa shape index (κ3) is 5.73. The zero-order valence-corrected chi connectivity index (χ0v) is 16.6. The van der Waals surface area contributed by atoms with Gasteiger partial charge in [0.05, 0.1) is 12.1 Å². The van der Waals surface area contributed by atoms with Gasteiger partial charge in [0.15, 0.2) is 19.0 Å². The van der Waals surface area contributed by atoms with Gasteiger partial charge in [-0.3, -0.25) is 4.79 Å². The van der Waals surface area contributed by atoms with E-state index >= 15 is 0 Å². The first-order valence-electron chi connectivity index (χ1n) is 8.57. The molecule has 0 spiro atoms. The molecule has 0 bridgehead atoms. The number of benzene rings is 2. The zero-order chi connectivity index (χ0) is 20.0. The first-order chi connectivity index (χ1) is 12.8. The largest absolute Gasteiger partial charge is 0.495 e. The molecule has 0 heterocycles. The van der Waals surface area contributed by atoms with Crippen LogP contribution in [0.5, 0.6) is 11.5 Å². The number of ether oxygens (including phenoxy) is 3. The Morgan fingerprint density at radius 3 is 2.41 bits per heavy atom. The Labute approximate surface area is 164 Å². The van der Waals surface area contributed by atoms with Crippen LogP contribution >= 0.6 is 11.6 Å². The van der Waals surface area contributed by atoms with Crippen LogP contribution in [0.2, 0.25) is 5.02 Å². The summed E-state index contributed by atoms with van der Waals surface area (Å²) in [6.07, 6.45) is 0. The summed E-state index contributed by atoms with van der Waals surface area (Å²) in [4.78, 5) is 24.1. The normalized spacial score (nSPS) is 10.6. The number of aryl methyl sites for hydroxylation is 1. The van der Waals surface area contributed by atoms with E-state index in [-0.39, 0.29) is 24.9 Å². The molecule has 0 unspecified atom stereocenters. The highest BCUT2D eigenvalue weighted by Gasteiger charge is 2.14. The van der Waals surface area contributed by atoms with Crippen LogP contribution < -0.4 is 9.47 Å². The van der Waals surface area contributed by atoms with Crippen molar-refractivity contribution in [2.75, 3.05) is 20.3 Å². The molecule has 5 nitrogen and oxygen atoms in total. The zero-order valence-electron chi connectivity index (χ0n) is 15.9. The van der Waals surface area contributed by atoms with Gasteiger partial charge >= 0.3 is 5.97 Å². The second-order valence-electron chi connectivity index (χ2n) is 6.42. The molecule has 27 heavy (non-hydrogen) atoms. The third-order valence-electron chi connectivity index (χ3n) is 3.97. The molecule has 0 aliphatic heterocycles. The second-order valence-corrected chi connectivity index (χ2v) is 6.83. The summed E-state index contributed by atoms with van der Waals surface area (Å²) in [5, 5.41) is 0.318. The molecule has 0 N–H and O–H groups in total. The van der Waals surface area contributed by atoms with Crippen molar-refractivity contribution < 1.29 is 23.8 Å². The highest BCUT2D eigenvalue weighted by atomic mass is 35.5. The monoisotopic (exact) mass is 390 g/mol. The molecule has 0 aliphatic carbocycles. The van der Waals surface area contributed by atoms with Crippen molar-refractivity contribution in [3.05, 3.63) is 58.1 Å². The summed E-state index contributed by atoms with van der Waals surface area (Å²) in [7, 11) is 1.49. The molecule has 6 heteroatoms. The Hall–Kier alpha value is -2.53. The topological polar surface area (TPSA) is 61.8 Å². The van der Waals surface area contributed by atoms with Gasteiger partial charge in [0.25, 0.3) is 0 Å². The van der Waals surface area contributed by atoms with Crippen LogP contribution in [0.25, 0.3) is 0 Å². The van der Waals surface area contributed by atoms with Crippen LogP contribution in [0.3, 0.4) is 0 Å². The number of methoxy groups -OCH3 is 1. The molecule has 0 aromatic heterocycles. The average Bonchev–Trinajstić information content (AvgIpc) is 2.64. The standard InChI is InChI=1S/C21H23ClO5/c1-13(2)16-7-5-14(3)9-20(16)26-12-21(24)27-11-18(23)15-6-8-19(25-4)17(22)10-15/h5-10,13H,11-12H2,1-4H3. The van der Waals surface area contributed by atoms with Gasteiger partial charge in [0, 0.05) is 5.56 Å². The lowest BCUT2D eigenvalue weighted by Crippen LogP contribution is -2.20. The molecular weight excluding hydrogens is 368 g/mol. The van der Waals surface area contributed by atoms with Crippen LogP contribution in [0.1, 0.15) is 41.3 Å². The van der Waals surface area contributed by atoms with Gasteiger partial charge in [0.1, 0.15) is 11.5 Å². The molecule has 2 aromatic rings. The molecule has 2 aromatic carbocycles. The molecule has 0 radical (unpaired) electrons. The van der Waals surface area contributed by atoms with Gasteiger partial charge in [-0.2, -0.15) is 0 Å². The smallest absolute Gasteiger partial charge is 0.344 e. The number of halogens is 1. The van der Waals surface area contributed by atoms with Crippen LogP contribution in [0.15, 0.2) is 36.4 Å². The van der Waals surface area contributed by atoms with E-state index in [1.807, 2.05) is 25.1 Å². The van der Waals surface area contributed by atoms with Crippen LogP contribution in [-0.2, 0) is 9.53 Å². The van der Waals surface area contributed by atoms with Crippen LogP contribution in [-0.4, -0.2) is 32.1 Å². The Kier molecular flexibility index (Phi) is 7.25. The van der Waals surface area contributed by atoms with E-state index in [0.717, 1.165) is 11.1 Å². The lowest BCUT2D eigenvalue weighted by molar-refractivity contribution is -0.144. The minimum Gasteiger partial charge on any atom is -0.495 e. The lowest BCUT2D eigenvalue weighted by Gasteiger charge is -2.14. The molecular formula is C21H23ClO5. The van der Waals surface area contributed by atoms with Crippen molar-refractivity contribution in [3.8, 4) is 11.5 Å². The minimum absolute atomic E-state index is 0.262. The molecule has 0 amide bonds. The highest BCUT2D eigenvalue weighted by Crippen LogP contribution is 2.27. The highest BCUT2D eigenvalue weighted by molar-refractivity contribution is 6.32. The molecule has 0 aliphatic rings. The first-order valence-corrected chi connectivity index (χ1v) is 8.95. The molecule has 144 valence electrons. The van der Waals surface area contributed by atoms with Gasteiger partial charge in [-0.05, 0) is 48.2 Å². The molecule has 0 fully saturated rings. The quantitative estimate of drug-likeness (QED) is 0.487.